The van der Waals surface area contributed by atoms with Gasteiger partial charge in [0.15, 0.2) is 0 Å². The van der Waals surface area contributed by atoms with Gasteiger partial charge in [0.1, 0.15) is 5.75 Å². The van der Waals surface area contributed by atoms with E-state index in [-0.39, 0.29) is 6.04 Å². The van der Waals surface area contributed by atoms with E-state index < -0.39 is 0 Å². The lowest BCUT2D eigenvalue weighted by molar-refractivity contribution is 0.415. The van der Waals surface area contributed by atoms with Gasteiger partial charge in [0.25, 0.3) is 0 Å². The van der Waals surface area contributed by atoms with Crippen LogP contribution in [0, 0.1) is 0 Å². The first kappa shape index (κ1) is 11.8. The summed E-state index contributed by atoms with van der Waals surface area (Å²) in [6.45, 7) is 0. The van der Waals surface area contributed by atoms with E-state index in [1.807, 2.05) is 30.3 Å². The maximum atomic E-state index is 5.17. The number of nitrogens with one attached hydrogen (secondary N) is 1. The van der Waals surface area contributed by atoms with Crippen LogP contribution in [0.3, 0.4) is 0 Å². The van der Waals surface area contributed by atoms with Crippen LogP contribution < -0.4 is 10.2 Å². The molecule has 0 saturated heterocycles. The van der Waals surface area contributed by atoms with Crippen LogP contribution in [0.25, 0.3) is 0 Å². The Hall–Kier alpha value is -2.29. The lowest BCUT2D eigenvalue weighted by Crippen LogP contribution is -2.09. The van der Waals surface area contributed by atoms with Gasteiger partial charge in [0.2, 0.25) is 0 Å². The summed E-state index contributed by atoms with van der Waals surface area (Å²) in [5.74, 6) is 0.870. The number of rotatable bonds is 3. The highest BCUT2D eigenvalue weighted by Gasteiger charge is 2.20. The predicted molar refractivity (Wildman–Crippen MR) is 76.5 cm³/mol. The second-order valence-electron chi connectivity index (χ2n) is 4.58. The molecular weight excluding hydrogens is 236 g/mol. The van der Waals surface area contributed by atoms with Crippen molar-refractivity contribution in [3.63, 3.8) is 0 Å². The molecule has 0 amide bonds. The van der Waals surface area contributed by atoms with Gasteiger partial charge in [-0.15, -0.1) is 0 Å². The topological polar surface area (TPSA) is 33.6 Å². The van der Waals surface area contributed by atoms with Crippen LogP contribution in [0.15, 0.2) is 59.7 Å². The number of nitrogens with zero attached hydrogens (tertiary/aromatic N) is 1. The second-order valence-corrected chi connectivity index (χ2v) is 4.58. The number of benzene rings is 2. The maximum Gasteiger partial charge on any atom is 0.118 e. The first-order valence-electron chi connectivity index (χ1n) is 6.38. The van der Waals surface area contributed by atoms with Crippen molar-refractivity contribution in [2.24, 2.45) is 5.10 Å². The molecule has 3 heteroatoms. The van der Waals surface area contributed by atoms with E-state index in [0.29, 0.717) is 0 Å². The van der Waals surface area contributed by atoms with Crippen molar-refractivity contribution in [1.82, 2.24) is 5.43 Å². The minimum absolute atomic E-state index is 0.276. The van der Waals surface area contributed by atoms with Gasteiger partial charge in [0.05, 0.1) is 18.9 Å². The van der Waals surface area contributed by atoms with Gasteiger partial charge < -0.3 is 10.2 Å². The zero-order valence-corrected chi connectivity index (χ0v) is 10.8. The largest absolute Gasteiger partial charge is 0.497 e. The van der Waals surface area contributed by atoms with E-state index in [9.17, 15) is 0 Å². The molecule has 3 rings (SSSR count). The average Bonchev–Trinajstić information content (AvgIpc) is 2.98. The van der Waals surface area contributed by atoms with Gasteiger partial charge in [-0.25, -0.2) is 0 Å². The Labute approximate surface area is 112 Å². The van der Waals surface area contributed by atoms with E-state index in [2.05, 4.69) is 34.8 Å². The molecule has 2 aromatic rings. The van der Waals surface area contributed by atoms with Crippen LogP contribution >= 0.6 is 0 Å². The first-order chi connectivity index (χ1) is 9.36. The molecule has 1 aliphatic rings. The molecule has 0 unspecified atom stereocenters. The minimum atomic E-state index is 0.276. The van der Waals surface area contributed by atoms with Crippen molar-refractivity contribution in [2.45, 2.75) is 12.5 Å². The molecule has 19 heavy (non-hydrogen) atoms. The Morgan fingerprint density at radius 2 is 1.79 bits per heavy atom. The molecule has 3 nitrogen and oxygen atoms in total. The van der Waals surface area contributed by atoms with Crippen molar-refractivity contribution >= 4 is 5.71 Å². The van der Waals surface area contributed by atoms with Gasteiger partial charge in [-0.3, -0.25) is 0 Å². The van der Waals surface area contributed by atoms with Crippen LogP contribution in [0.2, 0.25) is 0 Å². The molecule has 0 aliphatic carbocycles. The van der Waals surface area contributed by atoms with E-state index in [1.54, 1.807) is 7.11 Å². The number of ether oxygens (including phenoxy) is 1. The summed E-state index contributed by atoms with van der Waals surface area (Å²) in [5, 5.41) is 4.45. The quantitative estimate of drug-likeness (QED) is 0.910. The molecule has 0 radical (unpaired) electrons. The van der Waals surface area contributed by atoms with Gasteiger partial charge in [-0.05, 0) is 35.4 Å². The summed E-state index contributed by atoms with van der Waals surface area (Å²) in [5.41, 5.74) is 6.72. The second kappa shape index (κ2) is 5.14. The minimum Gasteiger partial charge on any atom is -0.497 e. The van der Waals surface area contributed by atoms with E-state index in [4.69, 9.17) is 4.74 Å². The van der Waals surface area contributed by atoms with Crippen LogP contribution in [-0.4, -0.2) is 12.8 Å². The third-order valence-corrected chi connectivity index (χ3v) is 3.38. The highest BCUT2D eigenvalue weighted by molar-refractivity contribution is 6.01. The molecule has 1 atom stereocenters. The highest BCUT2D eigenvalue weighted by atomic mass is 16.5. The Morgan fingerprint density at radius 1 is 1.05 bits per heavy atom. The summed E-state index contributed by atoms with van der Waals surface area (Å²) >= 11 is 0. The van der Waals surface area contributed by atoms with Crippen molar-refractivity contribution in [3.05, 3.63) is 65.7 Å². The van der Waals surface area contributed by atoms with Crippen molar-refractivity contribution in [3.8, 4) is 5.75 Å². The summed E-state index contributed by atoms with van der Waals surface area (Å²) < 4.78 is 5.17. The summed E-state index contributed by atoms with van der Waals surface area (Å²) in [7, 11) is 1.68. The van der Waals surface area contributed by atoms with Crippen molar-refractivity contribution in [1.29, 1.82) is 0 Å². The van der Waals surface area contributed by atoms with E-state index >= 15 is 0 Å². The van der Waals surface area contributed by atoms with Gasteiger partial charge in [-0.1, -0.05) is 30.3 Å². The molecule has 0 bridgehead atoms. The van der Waals surface area contributed by atoms with Gasteiger partial charge in [0, 0.05) is 6.42 Å². The Morgan fingerprint density at radius 3 is 2.47 bits per heavy atom. The molecule has 96 valence electrons. The molecule has 0 aromatic heterocycles. The fourth-order valence-electron chi connectivity index (χ4n) is 2.28. The van der Waals surface area contributed by atoms with E-state index in [0.717, 1.165) is 23.4 Å². The number of methoxy groups -OCH3 is 1. The molecule has 1 aliphatic heterocycles. The zero-order chi connectivity index (χ0) is 13.1. The van der Waals surface area contributed by atoms with Crippen LogP contribution in [0.1, 0.15) is 23.6 Å². The number of hydrazone groups is 1. The fourth-order valence-corrected chi connectivity index (χ4v) is 2.28. The number of hydrogen-bond acceptors (Lipinski definition) is 3. The highest BCUT2D eigenvalue weighted by Crippen LogP contribution is 2.24. The monoisotopic (exact) mass is 252 g/mol. The summed E-state index contributed by atoms with van der Waals surface area (Å²) in [6.07, 6.45) is 0.913. The molecule has 0 saturated carbocycles. The fraction of sp³-hybridized carbons (Fsp3) is 0.188. The standard InChI is InChI=1S/C16H16N2O/c1-19-14-9-7-13(8-10-14)16-11-15(17-18-16)12-5-3-2-4-6-12/h2-10,15,17H,11H2,1H3/t15-/m1/s1. The lowest BCUT2D eigenvalue weighted by atomic mass is 9.99. The van der Waals surface area contributed by atoms with Crippen molar-refractivity contribution in [2.75, 3.05) is 7.11 Å². The third-order valence-electron chi connectivity index (χ3n) is 3.38. The van der Waals surface area contributed by atoms with Crippen LogP contribution in [0.4, 0.5) is 0 Å². The Bertz CT molecular complexity index is 575. The molecule has 2 aromatic carbocycles. The van der Waals surface area contributed by atoms with Gasteiger partial charge >= 0.3 is 0 Å². The normalized spacial score (nSPS) is 17.7. The maximum absolute atomic E-state index is 5.17. The first-order valence-corrected chi connectivity index (χ1v) is 6.38. The van der Waals surface area contributed by atoms with E-state index in [1.165, 1.54) is 5.56 Å². The SMILES string of the molecule is COc1ccc(C2=NN[C@@H](c3ccccc3)C2)cc1. The van der Waals surface area contributed by atoms with Crippen LogP contribution in [0.5, 0.6) is 5.75 Å². The number of hydrogen-bond donors (Lipinski definition) is 1. The average molecular weight is 252 g/mol. The predicted octanol–water partition coefficient (Wildman–Crippen LogP) is 3.13. The smallest absolute Gasteiger partial charge is 0.118 e. The molecule has 1 N–H and O–H groups in total. The lowest BCUT2D eigenvalue weighted by Gasteiger charge is -2.09. The summed E-state index contributed by atoms with van der Waals surface area (Å²) in [6, 6.07) is 18.7. The van der Waals surface area contributed by atoms with Crippen LogP contribution in [-0.2, 0) is 0 Å². The van der Waals surface area contributed by atoms with Gasteiger partial charge in [-0.2, -0.15) is 5.10 Å². The molecule has 1 heterocycles. The molecule has 0 fully saturated rings. The zero-order valence-electron chi connectivity index (χ0n) is 10.8. The summed E-state index contributed by atoms with van der Waals surface area (Å²) in [4.78, 5) is 0. The van der Waals surface area contributed by atoms with Crippen molar-refractivity contribution < 1.29 is 4.74 Å². The molecular formula is C16H16N2O. The Kier molecular flexibility index (Phi) is 3.19. The third kappa shape index (κ3) is 2.45. The Balaban J connectivity index is 1.74. The molecule has 0 spiro atoms.